The van der Waals surface area contributed by atoms with Crippen LogP contribution in [0.25, 0.3) is 0 Å². The van der Waals surface area contributed by atoms with Gasteiger partial charge in [-0.05, 0) is 38.8 Å². The van der Waals surface area contributed by atoms with Crippen LogP contribution in [0.1, 0.15) is 39.0 Å². The number of thiol groups is 1. The molecule has 0 bridgehead atoms. The Labute approximate surface area is 132 Å². The van der Waals surface area contributed by atoms with Gasteiger partial charge in [0.1, 0.15) is 6.04 Å². The Balaban J connectivity index is 1.81. The molecule has 0 aromatic rings. The Bertz CT molecular complexity index is 364. The van der Waals surface area contributed by atoms with E-state index in [2.05, 4.69) is 22.8 Å². The van der Waals surface area contributed by atoms with E-state index in [-0.39, 0.29) is 11.8 Å². The third-order valence-corrected chi connectivity index (χ3v) is 4.91. The Morgan fingerprint density at radius 3 is 2.29 bits per heavy atom. The molecular weight excluding hydrogens is 286 g/mol. The van der Waals surface area contributed by atoms with Gasteiger partial charge in [-0.25, -0.2) is 0 Å². The maximum atomic E-state index is 12.4. The molecule has 2 aliphatic rings. The van der Waals surface area contributed by atoms with Gasteiger partial charge in [0.2, 0.25) is 11.8 Å². The van der Waals surface area contributed by atoms with Crippen LogP contribution in [0.5, 0.6) is 0 Å². The molecule has 2 amide bonds. The summed E-state index contributed by atoms with van der Waals surface area (Å²) in [5.41, 5.74) is 0. The quantitative estimate of drug-likeness (QED) is 0.758. The number of rotatable bonds is 4. The van der Waals surface area contributed by atoms with Gasteiger partial charge in [0.25, 0.3) is 0 Å². The van der Waals surface area contributed by atoms with Crippen LogP contribution >= 0.6 is 12.6 Å². The zero-order chi connectivity index (χ0) is 15.2. The van der Waals surface area contributed by atoms with Crippen molar-refractivity contribution in [3.63, 3.8) is 0 Å². The molecule has 2 heterocycles. The maximum Gasteiger partial charge on any atom is 0.245 e. The van der Waals surface area contributed by atoms with E-state index in [9.17, 15) is 9.59 Å². The van der Waals surface area contributed by atoms with Crippen molar-refractivity contribution in [3.05, 3.63) is 0 Å². The molecule has 5 nitrogen and oxygen atoms in total. The second-order valence-electron chi connectivity index (χ2n) is 6.09. The standard InChI is InChI=1S/C15H27N3O2S/c1-12(19)16-14(11-21)15(20)18-9-5-13(6-10-18)17-7-3-2-4-8-17/h13-14,21H,2-11H2,1H3,(H,16,19). The van der Waals surface area contributed by atoms with Crippen molar-refractivity contribution in [1.82, 2.24) is 15.1 Å². The molecular formula is C15H27N3O2S. The molecule has 1 unspecified atom stereocenters. The number of amides is 2. The average molecular weight is 313 g/mol. The van der Waals surface area contributed by atoms with E-state index in [0.717, 1.165) is 25.9 Å². The van der Waals surface area contributed by atoms with Gasteiger partial charge in [-0.3, -0.25) is 9.59 Å². The number of hydrogen-bond acceptors (Lipinski definition) is 4. The smallest absolute Gasteiger partial charge is 0.245 e. The largest absolute Gasteiger partial charge is 0.344 e. The van der Waals surface area contributed by atoms with Gasteiger partial charge in [0, 0.05) is 31.8 Å². The molecule has 2 fully saturated rings. The molecule has 0 spiro atoms. The number of nitrogens with one attached hydrogen (secondary N) is 1. The lowest BCUT2D eigenvalue weighted by atomic mass is 9.99. The van der Waals surface area contributed by atoms with E-state index in [1.54, 1.807) is 0 Å². The van der Waals surface area contributed by atoms with E-state index in [1.165, 1.54) is 39.3 Å². The van der Waals surface area contributed by atoms with E-state index < -0.39 is 6.04 Å². The van der Waals surface area contributed by atoms with Crippen LogP contribution in [-0.2, 0) is 9.59 Å². The molecule has 0 aliphatic carbocycles. The molecule has 2 rings (SSSR count). The summed E-state index contributed by atoms with van der Waals surface area (Å²) in [5.74, 6) is 0.188. The molecule has 120 valence electrons. The predicted octanol–water partition coefficient (Wildman–Crippen LogP) is 0.898. The zero-order valence-corrected chi connectivity index (χ0v) is 13.8. The molecule has 0 aromatic heterocycles. The normalized spacial score (nSPS) is 22.9. The van der Waals surface area contributed by atoms with Gasteiger partial charge in [-0.2, -0.15) is 12.6 Å². The van der Waals surface area contributed by atoms with E-state index in [4.69, 9.17) is 0 Å². The van der Waals surface area contributed by atoms with Crippen LogP contribution in [-0.4, -0.2) is 65.6 Å². The Hall–Kier alpha value is -0.750. The van der Waals surface area contributed by atoms with Crippen molar-refractivity contribution < 1.29 is 9.59 Å². The second kappa shape index (κ2) is 8.03. The van der Waals surface area contributed by atoms with Gasteiger partial charge in [-0.15, -0.1) is 0 Å². The molecule has 6 heteroatoms. The van der Waals surface area contributed by atoms with E-state index in [1.807, 2.05) is 4.90 Å². The maximum absolute atomic E-state index is 12.4. The summed E-state index contributed by atoms with van der Waals surface area (Å²) in [5, 5.41) is 2.68. The van der Waals surface area contributed by atoms with Gasteiger partial charge < -0.3 is 15.1 Å². The third kappa shape index (κ3) is 4.61. The Morgan fingerprint density at radius 2 is 1.76 bits per heavy atom. The van der Waals surface area contributed by atoms with Gasteiger partial charge in [-0.1, -0.05) is 6.42 Å². The van der Waals surface area contributed by atoms with Crippen LogP contribution in [0, 0.1) is 0 Å². The zero-order valence-electron chi connectivity index (χ0n) is 12.9. The summed E-state index contributed by atoms with van der Waals surface area (Å²) in [4.78, 5) is 28.0. The minimum Gasteiger partial charge on any atom is -0.344 e. The highest BCUT2D eigenvalue weighted by Gasteiger charge is 2.30. The summed E-state index contributed by atoms with van der Waals surface area (Å²) < 4.78 is 0. The molecule has 2 saturated heterocycles. The first-order valence-corrected chi connectivity index (χ1v) is 8.66. The average Bonchev–Trinajstić information content (AvgIpc) is 2.53. The highest BCUT2D eigenvalue weighted by molar-refractivity contribution is 7.80. The number of likely N-dealkylation sites (tertiary alicyclic amines) is 2. The van der Waals surface area contributed by atoms with Crippen LogP contribution in [0.3, 0.4) is 0 Å². The lowest BCUT2D eigenvalue weighted by Gasteiger charge is -2.40. The number of nitrogens with zero attached hydrogens (tertiary/aromatic N) is 2. The molecule has 2 aliphatic heterocycles. The highest BCUT2D eigenvalue weighted by Crippen LogP contribution is 2.21. The summed E-state index contributed by atoms with van der Waals surface area (Å²) in [6, 6.07) is 0.141. The van der Waals surface area contributed by atoms with Gasteiger partial charge in [0.15, 0.2) is 0 Å². The lowest BCUT2D eigenvalue weighted by Crippen LogP contribution is -2.54. The van der Waals surface area contributed by atoms with Crippen LogP contribution in [0.15, 0.2) is 0 Å². The number of piperidine rings is 2. The summed E-state index contributed by atoms with van der Waals surface area (Å²) in [7, 11) is 0. The van der Waals surface area contributed by atoms with Crippen molar-refractivity contribution in [3.8, 4) is 0 Å². The summed E-state index contributed by atoms with van der Waals surface area (Å²) >= 11 is 4.18. The summed E-state index contributed by atoms with van der Waals surface area (Å²) in [6.07, 6.45) is 6.07. The first-order valence-electron chi connectivity index (χ1n) is 8.02. The van der Waals surface area contributed by atoms with Crippen molar-refractivity contribution in [1.29, 1.82) is 0 Å². The van der Waals surface area contributed by atoms with Crippen LogP contribution < -0.4 is 5.32 Å². The monoisotopic (exact) mass is 313 g/mol. The first-order chi connectivity index (χ1) is 10.1. The predicted molar refractivity (Wildman–Crippen MR) is 86.5 cm³/mol. The fraction of sp³-hybridized carbons (Fsp3) is 0.867. The van der Waals surface area contributed by atoms with Crippen molar-refractivity contribution in [2.75, 3.05) is 31.9 Å². The number of hydrogen-bond donors (Lipinski definition) is 2. The first kappa shape index (κ1) is 16.6. The van der Waals surface area contributed by atoms with Crippen molar-refractivity contribution in [2.24, 2.45) is 0 Å². The van der Waals surface area contributed by atoms with Crippen molar-refractivity contribution in [2.45, 2.75) is 51.1 Å². The van der Waals surface area contributed by atoms with Gasteiger partial charge >= 0.3 is 0 Å². The van der Waals surface area contributed by atoms with Gasteiger partial charge in [0.05, 0.1) is 0 Å². The minimum absolute atomic E-state index is 0.0114. The van der Waals surface area contributed by atoms with E-state index in [0.29, 0.717) is 11.8 Å². The minimum atomic E-state index is -0.489. The van der Waals surface area contributed by atoms with Crippen molar-refractivity contribution >= 4 is 24.4 Å². The summed E-state index contributed by atoms with van der Waals surface area (Å²) in [6.45, 7) is 5.45. The van der Waals surface area contributed by atoms with Crippen LogP contribution in [0.2, 0.25) is 0 Å². The SMILES string of the molecule is CC(=O)NC(CS)C(=O)N1CCC(N2CCCCC2)CC1. The Kier molecular flexibility index (Phi) is 6.36. The lowest BCUT2D eigenvalue weighted by molar-refractivity contribution is -0.136. The number of carbonyl (C=O) groups is 2. The molecule has 1 atom stereocenters. The highest BCUT2D eigenvalue weighted by atomic mass is 32.1. The molecule has 1 N–H and O–H groups in total. The van der Waals surface area contributed by atoms with Crippen LogP contribution in [0.4, 0.5) is 0 Å². The fourth-order valence-electron chi connectivity index (χ4n) is 3.39. The second-order valence-corrected chi connectivity index (χ2v) is 6.45. The number of carbonyl (C=O) groups excluding carboxylic acids is 2. The molecule has 0 aromatic carbocycles. The molecule has 0 radical (unpaired) electrons. The van der Waals surface area contributed by atoms with E-state index >= 15 is 0 Å². The molecule has 0 saturated carbocycles. The molecule has 21 heavy (non-hydrogen) atoms. The third-order valence-electron chi connectivity index (χ3n) is 4.54. The fourth-order valence-corrected chi connectivity index (χ4v) is 3.63. The topological polar surface area (TPSA) is 52.7 Å². The Morgan fingerprint density at radius 1 is 1.14 bits per heavy atom.